The normalized spacial score (nSPS) is 21.7. The van der Waals surface area contributed by atoms with Crippen molar-refractivity contribution in [1.29, 1.82) is 0 Å². The summed E-state index contributed by atoms with van der Waals surface area (Å²) in [6, 6.07) is 0. The molecule has 0 radical (unpaired) electrons. The van der Waals surface area contributed by atoms with E-state index in [9.17, 15) is 13.2 Å². The third-order valence-electron chi connectivity index (χ3n) is 3.00. The van der Waals surface area contributed by atoms with Crippen LogP contribution in [0.1, 0.15) is 26.2 Å². The first kappa shape index (κ1) is 14.0. The van der Waals surface area contributed by atoms with Crippen molar-refractivity contribution in [2.24, 2.45) is 5.41 Å². The van der Waals surface area contributed by atoms with Crippen LogP contribution in [-0.2, 0) is 19.4 Å². The summed E-state index contributed by atoms with van der Waals surface area (Å²) in [5.41, 5.74) is -1.05. The molecule has 3 N–H and O–H groups in total. The molecule has 6 nitrogen and oxygen atoms in total. The van der Waals surface area contributed by atoms with Crippen LogP contribution in [0.3, 0.4) is 0 Å². The Morgan fingerprint density at radius 3 is 2.35 bits per heavy atom. The van der Waals surface area contributed by atoms with Crippen LogP contribution in [0, 0.1) is 5.41 Å². The van der Waals surface area contributed by atoms with Gasteiger partial charge in [-0.1, -0.05) is 0 Å². The molecule has 17 heavy (non-hydrogen) atoms. The number of carbonyl (C=O) groups is 1. The van der Waals surface area contributed by atoms with Crippen molar-refractivity contribution in [3.05, 3.63) is 0 Å². The van der Waals surface area contributed by atoms with E-state index in [4.69, 9.17) is 14.6 Å². The van der Waals surface area contributed by atoms with Gasteiger partial charge < -0.3 is 9.84 Å². The number of rotatable bonds is 4. The second kappa shape index (κ2) is 5.03. The Bertz CT molecular complexity index is 397. The Labute approximate surface area is 99.9 Å². The number of hydrogen-bond donors (Lipinski definition) is 0. The van der Waals surface area contributed by atoms with Crippen molar-refractivity contribution < 1.29 is 27.9 Å². The Kier molecular flexibility index (Phi) is 4.13. The van der Waals surface area contributed by atoms with E-state index in [-0.39, 0.29) is 37.4 Å². The molecule has 0 aromatic heterocycles. The van der Waals surface area contributed by atoms with E-state index in [1.165, 1.54) is 0 Å². The molecule has 98 valence electrons. The molecule has 1 aliphatic heterocycles. The third kappa shape index (κ3) is 3.42. The van der Waals surface area contributed by atoms with E-state index in [1.807, 2.05) is 0 Å². The molecule has 1 aliphatic rings. The fraction of sp³-hybridized carbons (Fsp3) is 0.800. The summed E-state index contributed by atoms with van der Waals surface area (Å²) in [7, 11) is -3.10. The zero-order valence-corrected chi connectivity index (χ0v) is 10.5. The fourth-order valence-electron chi connectivity index (χ4n) is 1.99. The second-order valence-corrected chi connectivity index (χ2v) is 6.58. The summed E-state index contributed by atoms with van der Waals surface area (Å²) in [5, 5.41) is 7.08. The summed E-state index contributed by atoms with van der Waals surface area (Å²) in [6.07, 6.45) is 0.0650. The SMILES string of the molecule is CCOC(=O)C1(CC(=[OH+])[OH2+])CCS(=O)(=O)CC1. The standard InChI is InChI=1S/C10H16O6S/c1-2-16-9(13)10(7-8(11)12)3-5-17(14,15)6-4-10/h2-7H2,1H3,(H,11,12)/p+2. The van der Waals surface area contributed by atoms with E-state index in [0.29, 0.717) is 0 Å². The predicted octanol–water partition coefficient (Wildman–Crippen LogP) is -0.638. The van der Waals surface area contributed by atoms with Gasteiger partial charge in [0, 0.05) is 0 Å². The minimum atomic E-state index is -3.10. The van der Waals surface area contributed by atoms with Crippen molar-refractivity contribution in [2.75, 3.05) is 18.1 Å². The molecule has 1 rings (SSSR count). The largest absolute Gasteiger partial charge is 0.622 e. The lowest BCUT2D eigenvalue weighted by Gasteiger charge is -2.31. The smallest absolute Gasteiger partial charge is 0.524 e. The van der Waals surface area contributed by atoms with Crippen molar-refractivity contribution in [3.8, 4) is 0 Å². The number of hydrogen-bond acceptors (Lipinski definition) is 4. The molecule has 0 bridgehead atoms. The van der Waals surface area contributed by atoms with Crippen LogP contribution in [0.5, 0.6) is 0 Å². The lowest BCUT2D eigenvalue weighted by molar-refractivity contribution is -0.155. The summed E-state index contributed by atoms with van der Waals surface area (Å²) in [6.45, 7) is 1.86. The Hall–Kier alpha value is -1.11. The van der Waals surface area contributed by atoms with Gasteiger partial charge in [-0.25, -0.2) is 13.2 Å². The van der Waals surface area contributed by atoms with Gasteiger partial charge in [-0.15, -0.1) is 0 Å². The highest BCUT2D eigenvalue weighted by atomic mass is 32.2. The number of esters is 1. The minimum Gasteiger partial charge on any atom is -0.524 e. The topological polar surface area (TPSA) is 105 Å². The zero-order valence-electron chi connectivity index (χ0n) is 9.73. The van der Waals surface area contributed by atoms with Gasteiger partial charge in [-0.3, -0.25) is 4.79 Å². The van der Waals surface area contributed by atoms with Crippen LogP contribution < -0.4 is 0 Å². The highest BCUT2D eigenvalue weighted by Gasteiger charge is 2.49. The number of carbonyl (C=O) groups excluding carboxylic acids is 2. The van der Waals surface area contributed by atoms with Crippen LogP contribution in [0.25, 0.3) is 0 Å². The first-order chi connectivity index (χ1) is 7.81. The first-order valence-electron chi connectivity index (χ1n) is 5.45. The maximum atomic E-state index is 11.8. The molecule has 0 amide bonds. The molecule has 0 saturated carbocycles. The van der Waals surface area contributed by atoms with Crippen LogP contribution in [0.15, 0.2) is 0 Å². The van der Waals surface area contributed by atoms with Gasteiger partial charge >= 0.3 is 11.9 Å². The van der Waals surface area contributed by atoms with Crippen molar-refractivity contribution in [1.82, 2.24) is 0 Å². The lowest BCUT2D eigenvalue weighted by Crippen LogP contribution is -2.42. The first-order valence-corrected chi connectivity index (χ1v) is 7.27. The maximum absolute atomic E-state index is 11.8. The molecule has 0 aliphatic carbocycles. The third-order valence-corrected chi connectivity index (χ3v) is 4.65. The molecular formula is C10H18O6S+2. The summed E-state index contributed by atoms with van der Waals surface area (Å²) >= 11 is 0. The van der Waals surface area contributed by atoms with Gasteiger partial charge in [0.15, 0.2) is 6.42 Å². The molecule has 0 spiro atoms. The van der Waals surface area contributed by atoms with E-state index in [0.717, 1.165) is 0 Å². The van der Waals surface area contributed by atoms with Gasteiger partial charge in [-0.05, 0) is 19.8 Å². The van der Waals surface area contributed by atoms with Crippen LogP contribution >= 0.6 is 0 Å². The molecule has 1 heterocycles. The average molecular weight is 266 g/mol. The van der Waals surface area contributed by atoms with Gasteiger partial charge in [0.1, 0.15) is 9.84 Å². The minimum absolute atomic E-state index is 0.0981. The van der Waals surface area contributed by atoms with E-state index in [1.54, 1.807) is 6.92 Å². The van der Waals surface area contributed by atoms with E-state index in [2.05, 4.69) is 0 Å². The highest BCUT2D eigenvalue weighted by Crippen LogP contribution is 2.37. The molecule has 0 aromatic carbocycles. The molecule has 7 heteroatoms. The fourth-order valence-corrected chi connectivity index (χ4v) is 3.59. The second-order valence-electron chi connectivity index (χ2n) is 4.28. The molecule has 0 atom stereocenters. The van der Waals surface area contributed by atoms with Crippen molar-refractivity contribution >= 4 is 21.8 Å². The van der Waals surface area contributed by atoms with Gasteiger partial charge in [-0.2, -0.15) is 0 Å². The van der Waals surface area contributed by atoms with Crippen molar-refractivity contribution in [2.45, 2.75) is 26.2 Å². The van der Waals surface area contributed by atoms with Gasteiger partial charge in [0.05, 0.1) is 23.5 Å². The molecule has 0 aromatic rings. The Balaban J connectivity index is 2.89. The molecular weight excluding hydrogens is 248 g/mol. The van der Waals surface area contributed by atoms with Crippen LogP contribution in [0.4, 0.5) is 0 Å². The summed E-state index contributed by atoms with van der Waals surface area (Å²) in [4.78, 5) is 20.9. The quantitative estimate of drug-likeness (QED) is 0.498. The van der Waals surface area contributed by atoms with Gasteiger partial charge in [0.2, 0.25) is 0 Å². The van der Waals surface area contributed by atoms with Crippen molar-refractivity contribution in [3.63, 3.8) is 0 Å². The summed E-state index contributed by atoms with van der Waals surface area (Å²) in [5.74, 6) is -1.33. The predicted molar refractivity (Wildman–Crippen MR) is 62.1 cm³/mol. The number of sulfone groups is 1. The van der Waals surface area contributed by atoms with E-state index < -0.39 is 27.2 Å². The number of ether oxygens (including phenoxy) is 1. The zero-order chi connectivity index (χ0) is 13.1. The molecule has 0 unspecified atom stereocenters. The van der Waals surface area contributed by atoms with Crippen LogP contribution in [-0.4, -0.2) is 48.4 Å². The molecule has 1 fully saturated rings. The molecule has 1 saturated heterocycles. The summed E-state index contributed by atoms with van der Waals surface area (Å²) < 4.78 is 27.6. The van der Waals surface area contributed by atoms with Gasteiger partial charge in [0.25, 0.3) is 0 Å². The van der Waals surface area contributed by atoms with Crippen LogP contribution in [0.2, 0.25) is 0 Å². The average Bonchev–Trinajstić information content (AvgIpc) is 2.21. The Morgan fingerprint density at radius 1 is 1.41 bits per heavy atom. The van der Waals surface area contributed by atoms with E-state index >= 15 is 0 Å². The monoisotopic (exact) mass is 266 g/mol. The lowest BCUT2D eigenvalue weighted by atomic mass is 9.79. The maximum Gasteiger partial charge on any atom is 0.622 e. The highest BCUT2D eigenvalue weighted by molar-refractivity contribution is 7.91. The Morgan fingerprint density at radius 2 is 1.94 bits per heavy atom.